The fourth-order valence-corrected chi connectivity index (χ4v) is 3.99. The first-order valence-electron chi connectivity index (χ1n) is 8.95. The van der Waals surface area contributed by atoms with Crippen LogP contribution in [0.3, 0.4) is 0 Å². The molecule has 5 heteroatoms. The Balaban J connectivity index is 1.45. The second kappa shape index (κ2) is 7.49. The van der Waals surface area contributed by atoms with Gasteiger partial charge in [0.15, 0.2) is 0 Å². The molecule has 2 fully saturated rings. The number of aromatic nitrogens is 1. The summed E-state index contributed by atoms with van der Waals surface area (Å²) in [5.41, 5.74) is 0. The van der Waals surface area contributed by atoms with Gasteiger partial charge in [0, 0.05) is 57.1 Å². The standard InChI is InChI=1S/C18H29N3O2/c1-15(22)14-19-10-12-21(13-11-19)18(23)16-4-6-17(7-5-16)20-8-2-3-9-20/h2-3,8-9,15-17,22H,4-7,10-14H2,1H3/t15-,16?,17?/m0/s1. The maximum absolute atomic E-state index is 12.7. The van der Waals surface area contributed by atoms with Crippen LogP contribution in [0, 0.1) is 5.92 Å². The summed E-state index contributed by atoms with van der Waals surface area (Å²) in [6.45, 7) is 5.92. The van der Waals surface area contributed by atoms with Crippen LogP contribution >= 0.6 is 0 Å². The summed E-state index contributed by atoms with van der Waals surface area (Å²) in [4.78, 5) is 17.0. The van der Waals surface area contributed by atoms with Crippen molar-refractivity contribution in [3.63, 3.8) is 0 Å². The summed E-state index contributed by atoms with van der Waals surface area (Å²) in [5, 5.41) is 9.46. The molecule has 2 aliphatic rings. The van der Waals surface area contributed by atoms with E-state index in [1.165, 1.54) is 0 Å². The van der Waals surface area contributed by atoms with E-state index < -0.39 is 0 Å². The highest BCUT2D eigenvalue weighted by molar-refractivity contribution is 5.79. The number of β-amino-alcohol motifs (C(OH)–C–C–N with tert-alkyl or cyclic N) is 1. The van der Waals surface area contributed by atoms with Crippen molar-refractivity contribution in [1.82, 2.24) is 14.4 Å². The van der Waals surface area contributed by atoms with E-state index in [1.807, 2.05) is 11.8 Å². The normalized spacial score (nSPS) is 27.8. The molecule has 0 spiro atoms. The molecule has 1 aromatic rings. The number of nitrogens with zero attached hydrogens (tertiary/aromatic N) is 3. The number of aliphatic hydroxyl groups excluding tert-OH is 1. The van der Waals surface area contributed by atoms with Crippen LogP contribution in [0.4, 0.5) is 0 Å². The molecule has 1 N–H and O–H groups in total. The lowest BCUT2D eigenvalue weighted by Gasteiger charge is -2.38. The van der Waals surface area contributed by atoms with Crippen LogP contribution in [0.2, 0.25) is 0 Å². The smallest absolute Gasteiger partial charge is 0.225 e. The van der Waals surface area contributed by atoms with Crippen molar-refractivity contribution in [3.8, 4) is 0 Å². The first-order valence-corrected chi connectivity index (χ1v) is 8.95. The molecule has 1 amide bonds. The van der Waals surface area contributed by atoms with Crippen molar-refractivity contribution in [3.05, 3.63) is 24.5 Å². The Morgan fingerprint density at radius 3 is 2.26 bits per heavy atom. The van der Waals surface area contributed by atoms with E-state index in [0.717, 1.165) is 51.9 Å². The largest absolute Gasteiger partial charge is 0.392 e. The van der Waals surface area contributed by atoms with Gasteiger partial charge in [0.05, 0.1) is 6.10 Å². The van der Waals surface area contributed by atoms with Crippen molar-refractivity contribution in [2.24, 2.45) is 5.92 Å². The lowest BCUT2D eigenvalue weighted by Crippen LogP contribution is -2.51. The van der Waals surface area contributed by atoms with E-state index in [4.69, 9.17) is 0 Å². The molecule has 3 rings (SSSR count). The number of amides is 1. The minimum Gasteiger partial charge on any atom is -0.392 e. The van der Waals surface area contributed by atoms with E-state index in [-0.39, 0.29) is 12.0 Å². The quantitative estimate of drug-likeness (QED) is 0.920. The third-order valence-electron chi connectivity index (χ3n) is 5.30. The molecule has 0 aromatic carbocycles. The van der Waals surface area contributed by atoms with Gasteiger partial charge in [0.25, 0.3) is 0 Å². The van der Waals surface area contributed by atoms with Crippen LogP contribution in [0.25, 0.3) is 0 Å². The molecule has 1 saturated heterocycles. The number of hydrogen-bond donors (Lipinski definition) is 1. The predicted molar refractivity (Wildman–Crippen MR) is 90.1 cm³/mol. The Bertz CT molecular complexity index is 484. The zero-order valence-electron chi connectivity index (χ0n) is 14.1. The number of carbonyl (C=O) groups is 1. The summed E-state index contributed by atoms with van der Waals surface area (Å²) in [6.07, 6.45) is 8.20. The minimum absolute atomic E-state index is 0.213. The van der Waals surface area contributed by atoms with Crippen molar-refractivity contribution >= 4 is 5.91 Å². The van der Waals surface area contributed by atoms with Crippen LogP contribution in [0.1, 0.15) is 38.6 Å². The SMILES string of the molecule is C[C@H](O)CN1CCN(C(=O)C2CCC(n3cccc3)CC2)CC1. The average molecular weight is 319 g/mol. The number of carbonyl (C=O) groups excluding carboxylic acids is 1. The molecule has 0 unspecified atom stereocenters. The van der Waals surface area contributed by atoms with Gasteiger partial charge in [-0.25, -0.2) is 0 Å². The van der Waals surface area contributed by atoms with Crippen LogP contribution in [0.15, 0.2) is 24.5 Å². The topological polar surface area (TPSA) is 48.7 Å². The molecular formula is C18H29N3O2. The second-order valence-corrected chi connectivity index (χ2v) is 7.11. The highest BCUT2D eigenvalue weighted by Crippen LogP contribution is 2.33. The van der Waals surface area contributed by atoms with E-state index in [1.54, 1.807) is 0 Å². The third-order valence-corrected chi connectivity index (χ3v) is 5.30. The molecule has 5 nitrogen and oxygen atoms in total. The second-order valence-electron chi connectivity index (χ2n) is 7.11. The fourth-order valence-electron chi connectivity index (χ4n) is 3.99. The van der Waals surface area contributed by atoms with E-state index >= 15 is 0 Å². The van der Waals surface area contributed by atoms with Crippen molar-refractivity contribution in [2.45, 2.75) is 44.8 Å². The van der Waals surface area contributed by atoms with Crippen molar-refractivity contribution < 1.29 is 9.90 Å². The van der Waals surface area contributed by atoms with E-state index in [9.17, 15) is 9.90 Å². The molecule has 1 aromatic heterocycles. The van der Waals surface area contributed by atoms with Gasteiger partial charge in [-0.2, -0.15) is 0 Å². The molecule has 128 valence electrons. The molecule has 1 aliphatic carbocycles. The Morgan fingerprint density at radius 1 is 1.09 bits per heavy atom. The third kappa shape index (κ3) is 4.15. The van der Waals surface area contributed by atoms with Gasteiger partial charge in [0.1, 0.15) is 0 Å². The van der Waals surface area contributed by atoms with E-state index in [2.05, 4.69) is 34.0 Å². The summed E-state index contributed by atoms with van der Waals surface area (Å²) >= 11 is 0. The number of hydrogen-bond acceptors (Lipinski definition) is 3. The first kappa shape index (κ1) is 16.5. The van der Waals surface area contributed by atoms with Gasteiger partial charge in [0.2, 0.25) is 5.91 Å². The summed E-state index contributed by atoms with van der Waals surface area (Å²) in [6, 6.07) is 4.71. The van der Waals surface area contributed by atoms with Crippen molar-refractivity contribution in [1.29, 1.82) is 0 Å². The van der Waals surface area contributed by atoms with Gasteiger partial charge < -0.3 is 14.6 Å². The Labute approximate surface area is 138 Å². The lowest BCUT2D eigenvalue weighted by atomic mass is 9.85. The Morgan fingerprint density at radius 2 is 1.70 bits per heavy atom. The number of rotatable bonds is 4. The molecule has 0 radical (unpaired) electrons. The predicted octanol–water partition coefficient (Wildman–Crippen LogP) is 1.74. The summed E-state index contributed by atoms with van der Waals surface area (Å²) in [7, 11) is 0. The highest BCUT2D eigenvalue weighted by Gasteiger charge is 2.31. The lowest BCUT2D eigenvalue weighted by molar-refractivity contribution is -0.138. The van der Waals surface area contributed by atoms with Crippen molar-refractivity contribution in [2.75, 3.05) is 32.7 Å². The van der Waals surface area contributed by atoms with Gasteiger partial charge >= 0.3 is 0 Å². The zero-order valence-corrected chi connectivity index (χ0v) is 14.1. The van der Waals surface area contributed by atoms with Gasteiger partial charge in [-0.1, -0.05) is 0 Å². The highest BCUT2D eigenvalue weighted by atomic mass is 16.3. The summed E-state index contributed by atoms with van der Waals surface area (Å²) < 4.78 is 2.29. The Hall–Kier alpha value is -1.33. The molecule has 23 heavy (non-hydrogen) atoms. The summed E-state index contributed by atoms with van der Waals surface area (Å²) in [5.74, 6) is 0.567. The molecule has 1 atom stereocenters. The average Bonchev–Trinajstić information content (AvgIpc) is 3.09. The molecule has 0 bridgehead atoms. The van der Waals surface area contributed by atoms with Crippen LogP contribution in [0.5, 0.6) is 0 Å². The maximum atomic E-state index is 12.7. The van der Waals surface area contributed by atoms with Crippen LogP contribution < -0.4 is 0 Å². The van der Waals surface area contributed by atoms with E-state index in [0.29, 0.717) is 18.5 Å². The molecule has 2 heterocycles. The molecular weight excluding hydrogens is 290 g/mol. The van der Waals surface area contributed by atoms with Crippen LogP contribution in [-0.4, -0.2) is 64.2 Å². The fraction of sp³-hybridized carbons (Fsp3) is 0.722. The zero-order chi connectivity index (χ0) is 16.2. The van der Waals surface area contributed by atoms with Gasteiger partial charge in [-0.3, -0.25) is 9.69 Å². The maximum Gasteiger partial charge on any atom is 0.225 e. The number of piperazine rings is 1. The Kier molecular flexibility index (Phi) is 5.38. The van der Waals surface area contributed by atoms with Crippen LogP contribution in [-0.2, 0) is 4.79 Å². The monoisotopic (exact) mass is 319 g/mol. The number of aliphatic hydroxyl groups is 1. The molecule has 1 saturated carbocycles. The first-order chi connectivity index (χ1) is 11.1. The van der Waals surface area contributed by atoms with Gasteiger partial charge in [-0.05, 0) is 44.7 Å². The van der Waals surface area contributed by atoms with Gasteiger partial charge in [-0.15, -0.1) is 0 Å². The molecule has 1 aliphatic heterocycles. The minimum atomic E-state index is -0.291.